The fourth-order valence-corrected chi connectivity index (χ4v) is 2.97. The lowest BCUT2D eigenvalue weighted by Gasteiger charge is -2.23. The zero-order valence-corrected chi connectivity index (χ0v) is 12.8. The Balaban J connectivity index is 1.85. The minimum absolute atomic E-state index is 0.140. The molecule has 1 heterocycles. The summed E-state index contributed by atoms with van der Waals surface area (Å²) in [5, 5.41) is 4.12. The Morgan fingerprint density at radius 3 is 2.64 bits per heavy atom. The fourth-order valence-electron chi connectivity index (χ4n) is 2.97. The maximum absolute atomic E-state index is 12.4. The lowest BCUT2D eigenvalue weighted by molar-refractivity contribution is 0.0931. The molecule has 0 amide bonds. The molecule has 0 saturated carbocycles. The highest BCUT2D eigenvalue weighted by Gasteiger charge is 2.32. The van der Waals surface area contributed by atoms with Crippen LogP contribution in [0, 0.1) is 11.8 Å². The standard InChI is InChI=1S/C18H19NO3/c1-11(2)14-8-15-18(16(21)9-14)17(22-19-15)7-12-3-5-13(10-20)6-4-12/h3-6,10-11,14H,7-9H2,1-2H3. The highest BCUT2D eigenvalue weighted by Crippen LogP contribution is 2.32. The van der Waals surface area contributed by atoms with Crippen molar-refractivity contribution in [2.24, 2.45) is 11.8 Å². The van der Waals surface area contributed by atoms with Gasteiger partial charge in [-0.2, -0.15) is 0 Å². The number of fused-ring (bicyclic) bond motifs is 1. The molecule has 0 saturated heterocycles. The van der Waals surface area contributed by atoms with Gasteiger partial charge in [-0.05, 0) is 23.8 Å². The molecule has 114 valence electrons. The van der Waals surface area contributed by atoms with Crippen LogP contribution in [-0.2, 0) is 12.8 Å². The first-order valence-corrected chi connectivity index (χ1v) is 7.63. The van der Waals surface area contributed by atoms with Gasteiger partial charge in [0.25, 0.3) is 0 Å². The number of hydrogen-bond donors (Lipinski definition) is 0. The summed E-state index contributed by atoms with van der Waals surface area (Å²) in [6, 6.07) is 7.29. The average Bonchev–Trinajstić information content (AvgIpc) is 2.91. The van der Waals surface area contributed by atoms with Crippen LogP contribution in [0.3, 0.4) is 0 Å². The normalized spacial score (nSPS) is 17.6. The summed E-state index contributed by atoms with van der Waals surface area (Å²) in [6.07, 6.45) is 2.73. The SMILES string of the molecule is CC(C)C1CC(=O)c2c(noc2Cc2ccc(C=O)cc2)C1. The molecule has 0 spiro atoms. The second-order valence-corrected chi connectivity index (χ2v) is 6.30. The van der Waals surface area contributed by atoms with Crippen molar-refractivity contribution in [2.45, 2.75) is 33.1 Å². The molecule has 4 nitrogen and oxygen atoms in total. The van der Waals surface area contributed by atoms with Crippen molar-refractivity contribution >= 4 is 12.1 Å². The molecule has 22 heavy (non-hydrogen) atoms. The maximum atomic E-state index is 12.4. The van der Waals surface area contributed by atoms with Crippen molar-refractivity contribution in [1.29, 1.82) is 0 Å². The lowest BCUT2D eigenvalue weighted by Crippen LogP contribution is -2.24. The summed E-state index contributed by atoms with van der Waals surface area (Å²) in [4.78, 5) is 23.1. The van der Waals surface area contributed by atoms with E-state index in [-0.39, 0.29) is 5.78 Å². The van der Waals surface area contributed by atoms with Crippen LogP contribution in [0.4, 0.5) is 0 Å². The molecule has 4 heteroatoms. The molecular formula is C18H19NO3. The molecule has 0 bridgehead atoms. The van der Waals surface area contributed by atoms with E-state index >= 15 is 0 Å². The quantitative estimate of drug-likeness (QED) is 0.811. The minimum atomic E-state index is 0.140. The second kappa shape index (κ2) is 5.87. The Kier molecular flexibility index (Phi) is 3.92. The van der Waals surface area contributed by atoms with Gasteiger partial charge in [0.2, 0.25) is 0 Å². The van der Waals surface area contributed by atoms with Gasteiger partial charge in [-0.3, -0.25) is 9.59 Å². The number of carbonyl (C=O) groups excluding carboxylic acids is 2. The molecule has 1 aromatic heterocycles. The van der Waals surface area contributed by atoms with Gasteiger partial charge in [-0.25, -0.2) is 0 Å². The van der Waals surface area contributed by atoms with Crippen LogP contribution in [-0.4, -0.2) is 17.2 Å². The van der Waals surface area contributed by atoms with Gasteiger partial charge in [0, 0.05) is 18.4 Å². The summed E-state index contributed by atoms with van der Waals surface area (Å²) < 4.78 is 5.44. The number of nitrogens with zero attached hydrogens (tertiary/aromatic N) is 1. The summed E-state index contributed by atoms with van der Waals surface area (Å²) >= 11 is 0. The van der Waals surface area contributed by atoms with Crippen LogP contribution in [0.1, 0.15) is 58.0 Å². The number of hydrogen-bond acceptors (Lipinski definition) is 4. The van der Waals surface area contributed by atoms with Crippen LogP contribution in [0.15, 0.2) is 28.8 Å². The van der Waals surface area contributed by atoms with Crippen molar-refractivity contribution in [3.63, 3.8) is 0 Å². The minimum Gasteiger partial charge on any atom is -0.360 e. The van der Waals surface area contributed by atoms with Crippen molar-refractivity contribution in [3.05, 3.63) is 52.4 Å². The molecule has 2 aromatic rings. The van der Waals surface area contributed by atoms with Crippen LogP contribution in [0.2, 0.25) is 0 Å². The molecule has 1 aromatic carbocycles. The summed E-state index contributed by atoms with van der Waals surface area (Å²) in [6.45, 7) is 4.27. The smallest absolute Gasteiger partial charge is 0.168 e. The van der Waals surface area contributed by atoms with Gasteiger partial charge in [0.05, 0.1) is 11.3 Å². The third-order valence-corrected chi connectivity index (χ3v) is 4.44. The van der Waals surface area contributed by atoms with E-state index in [2.05, 4.69) is 19.0 Å². The van der Waals surface area contributed by atoms with Crippen LogP contribution in [0.25, 0.3) is 0 Å². The zero-order valence-electron chi connectivity index (χ0n) is 12.8. The van der Waals surface area contributed by atoms with Crippen LogP contribution < -0.4 is 0 Å². The molecule has 1 aliphatic carbocycles. The Morgan fingerprint density at radius 1 is 1.27 bits per heavy atom. The van der Waals surface area contributed by atoms with Crippen molar-refractivity contribution < 1.29 is 14.1 Å². The van der Waals surface area contributed by atoms with E-state index < -0.39 is 0 Å². The van der Waals surface area contributed by atoms with E-state index in [9.17, 15) is 9.59 Å². The Labute approximate surface area is 129 Å². The molecule has 0 N–H and O–H groups in total. The lowest BCUT2D eigenvalue weighted by atomic mass is 9.79. The van der Waals surface area contributed by atoms with E-state index in [0.717, 1.165) is 24.0 Å². The van der Waals surface area contributed by atoms with Gasteiger partial charge >= 0.3 is 0 Å². The molecule has 1 unspecified atom stereocenters. The predicted molar refractivity (Wildman–Crippen MR) is 82.1 cm³/mol. The number of carbonyl (C=O) groups is 2. The van der Waals surface area contributed by atoms with Crippen molar-refractivity contribution in [1.82, 2.24) is 5.16 Å². The molecule has 3 rings (SSSR count). The second-order valence-electron chi connectivity index (χ2n) is 6.30. The topological polar surface area (TPSA) is 60.2 Å². The van der Waals surface area contributed by atoms with E-state index in [1.54, 1.807) is 12.1 Å². The van der Waals surface area contributed by atoms with Crippen molar-refractivity contribution in [2.75, 3.05) is 0 Å². The number of aromatic nitrogens is 1. The Bertz CT molecular complexity index is 698. The highest BCUT2D eigenvalue weighted by atomic mass is 16.5. The highest BCUT2D eigenvalue weighted by molar-refractivity contribution is 5.99. The molecular weight excluding hydrogens is 278 g/mol. The molecule has 0 fully saturated rings. The fraction of sp³-hybridized carbons (Fsp3) is 0.389. The summed E-state index contributed by atoms with van der Waals surface area (Å²) in [5.41, 5.74) is 3.12. The predicted octanol–water partition coefficient (Wildman–Crippen LogP) is 3.48. The van der Waals surface area contributed by atoms with Gasteiger partial charge in [0.15, 0.2) is 11.5 Å². The Hall–Kier alpha value is -2.23. The largest absolute Gasteiger partial charge is 0.360 e. The Morgan fingerprint density at radius 2 is 2.00 bits per heavy atom. The first-order valence-electron chi connectivity index (χ1n) is 7.63. The van der Waals surface area contributed by atoms with Crippen molar-refractivity contribution in [3.8, 4) is 0 Å². The number of aldehydes is 1. The zero-order chi connectivity index (χ0) is 15.7. The van der Waals surface area contributed by atoms with E-state index in [4.69, 9.17) is 4.52 Å². The molecule has 0 aliphatic heterocycles. The third kappa shape index (κ3) is 2.73. The van der Waals surface area contributed by atoms with Gasteiger partial charge in [0.1, 0.15) is 6.29 Å². The first kappa shape index (κ1) is 14.7. The van der Waals surface area contributed by atoms with E-state index in [1.165, 1.54) is 0 Å². The molecule has 1 atom stereocenters. The summed E-state index contributed by atoms with van der Waals surface area (Å²) in [5.74, 6) is 1.60. The number of Topliss-reactive ketones (excluding diaryl/α,β-unsaturated/α-hetero) is 1. The number of rotatable bonds is 4. The van der Waals surface area contributed by atoms with Gasteiger partial charge in [-0.1, -0.05) is 43.3 Å². The summed E-state index contributed by atoms with van der Waals surface area (Å²) in [7, 11) is 0. The molecule has 1 aliphatic rings. The van der Waals surface area contributed by atoms with Crippen LogP contribution >= 0.6 is 0 Å². The average molecular weight is 297 g/mol. The molecule has 0 radical (unpaired) electrons. The van der Waals surface area contributed by atoms with Gasteiger partial charge < -0.3 is 4.52 Å². The number of benzene rings is 1. The van der Waals surface area contributed by atoms with E-state index in [1.807, 2.05) is 12.1 Å². The number of ketones is 1. The van der Waals surface area contributed by atoms with E-state index in [0.29, 0.717) is 41.6 Å². The van der Waals surface area contributed by atoms with Crippen LogP contribution in [0.5, 0.6) is 0 Å². The monoisotopic (exact) mass is 297 g/mol. The van der Waals surface area contributed by atoms with Gasteiger partial charge in [-0.15, -0.1) is 0 Å². The maximum Gasteiger partial charge on any atom is 0.168 e. The first-order chi connectivity index (χ1) is 10.6. The third-order valence-electron chi connectivity index (χ3n) is 4.44.